The Labute approximate surface area is 172 Å². The highest BCUT2D eigenvalue weighted by molar-refractivity contribution is 6.06. The van der Waals surface area contributed by atoms with Crippen LogP contribution in [-0.4, -0.2) is 31.1 Å². The quantitative estimate of drug-likeness (QED) is 0.494. The van der Waals surface area contributed by atoms with Crippen molar-refractivity contribution in [3.05, 3.63) is 69.4 Å². The third-order valence-corrected chi connectivity index (χ3v) is 4.60. The van der Waals surface area contributed by atoms with Gasteiger partial charge in [-0.25, -0.2) is 4.79 Å². The molecule has 1 unspecified atom stereocenters. The molecule has 0 radical (unpaired) electrons. The van der Waals surface area contributed by atoms with Crippen LogP contribution >= 0.6 is 0 Å². The molecule has 30 heavy (non-hydrogen) atoms. The Kier molecular flexibility index (Phi) is 5.86. The highest BCUT2D eigenvalue weighted by atomic mass is 16.6. The lowest BCUT2D eigenvalue weighted by atomic mass is 9.94. The minimum atomic E-state index is -0.780. The lowest BCUT2D eigenvalue weighted by molar-refractivity contribution is -0.384. The molecule has 10 heteroatoms. The molecule has 0 spiro atoms. The van der Waals surface area contributed by atoms with E-state index in [1.165, 1.54) is 38.5 Å². The number of non-ortho nitro benzene ring substituents is 1. The minimum absolute atomic E-state index is 0.0872. The summed E-state index contributed by atoms with van der Waals surface area (Å²) in [5, 5.41) is 18.8. The molecule has 2 aromatic rings. The second-order valence-corrected chi connectivity index (χ2v) is 6.44. The van der Waals surface area contributed by atoms with E-state index in [1.807, 2.05) is 0 Å². The first-order valence-corrected chi connectivity index (χ1v) is 8.90. The topological polar surface area (TPSA) is 132 Å². The number of amides is 3. The summed E-state index contributed by atoms with van der Waals surface area (Å²) in [7, 11) is 3.00. The molecule has 0 saturated heterocycles. The van der Waals surface area contributed by atoms with Crippen LogP contribution in [0.25, 0.3) is 0 Å². The number of nitrogens with one attached hydrogen (secondary N) is 3. The van der Waals surface area contributed by atoms with Crippen LogP contribution in [0.4, 0.5) is 16.2 Å². The zero-order valence-corrected chi connectivity index (χ0v) is 16.5. The number of ether oxygens (including phenoxy) is 2. The van der Waals surface area contributed by atoms with Crippen LogP contribution in [0.3, 0.4) is 0 Å². The number of allylic oxidation sites excluding steroid dienone is 1. The Balaban J connectivity index is 1.95. The maximum atomic E-state index is 13.1. The Morgan fingerprint density at radius 3 is 2.43 bits per heavy atom. The molecule has 0 aliphatic carbocycles. The van der Waals surface area contributed by atoms with E-state index in [2.05, 4.69) is 16.0 Å². The van der Waals surface area contributed by atoms with Gasteiger partial charge in [0.15, 0.2) is 0 Å². The third kappa shape index (κ3) is 4.17. The van der Waals surface area contributed by atoms with E-state index < -0.39 is 22.9 Å². The van der Waals surface area contributed by atoms with Crippen LogP contribution in [0.5, 0.6) is 11.5 Å². The second kappa shape index (κ2) is 8.52. The van der Waals surface area contributed by atoms with Crippen molar-refractivity contribution in [2.45, 2.75) is 13.0 Å². The highest BCUT2D eigenvalue weighted by Crippen LogP contribution is 2.35. The summed E-state index contributed by atoms with van der Waals surface area (Å²) in [6, 6.07) is 9.29. The molecule has 10 nitrogen and oxygen atoms in total. The molecule has 1 heterocycles. The molecule has 0 saturated carbocycles. The van der Waals surface area contributed by atoms with Crippen molar-refractivity contribution in [3.63, 3.8) is 0 Å². The average Bonchev–Trinajstić information content (AvgIpc) is 2.72. The molecule has 1 aliphatic heterocycles. The van der Waals surface area contributed by atoms with Gasteiger partial charge in [0.05, 0.1) is 30.8 Å². The number of rotatable bonds is 6. The number of urea groups is 1. The Hall–Kier alpha value is -4.08. The Bertz CT molecular complexity index is 1030. The van der Waals surface area contributed by atoms with Gasteiger partial charge in [-0.05, 0) is 31.2 Å². The first-order chi connectivity index (χ1) is 14.3. The summed E-state index contributed by atoms with van der Waals surface area (Å²) in [6.45, 7) is 1.62. The molecule has 3 amide bonds. The van der Waals surface area contributed by atoms with E-state index in [-0.39, 0.29) is 11.3 Å². The predicted octanol–water partition coefficient (Wildman–Crippen LogP) is 2.88. The summed E-state index contributed by atoms with van der Waals surface area (Å²) in [5.41, 5.74) is 1.51. The maximum Gasteiger partial charge on any atom is 0.319 e. The van der Waals surface area contributed by atoms with Crippen LogP contribution < -0.4 is 25.4 Å². The minimum Gasteiger partial charge on any atom is -0.497 e. The van der Waals surface area contributed by atoms with Gasteiger partial charge < -0.3 is 25.4 Å². The summed E-state index contributed by atoms with van der Waals surface area (Å²) >= 11 is 0. The smallest absolute Gasteiger partial charge is 0.319 e. The normalized spacial score (nSPS) is 15.7. The summed E-state index contributed by atoms with van der Waals surface area (Å²) in [4.78, 5) is 35.4. The molecule has 1 atom stereocenters. The van der Waals surface area contributed by atoms with Gasteiger partial charge in [0.2, 0.25) is 0 Å². The fourth-order valence-corrected chi connectivity index (χ4v) is 3.15. The van der Waals surface area contributed by atoms with E-state index in [1.54, 1.807) is 25.1 Å². The Morgan fingerprint density at radius 2 is 1.83 bits per heavy atom. The summed E-state index contributed by atoms with van der Waals surface area (Å²) < 4.78 is 10.6. The van der Waals surface area contributed by atoms with Crippen LogP contribution in [0, 0.1) is 10.1 Å². The molecule has 2 aromatic carbocycles. The molecular weight excluding hydrogens is 392 g/mol. The fourth-order valence-electron chi connectivity index (χ4n) is 3.15. The highest BCUT2D eigenvalue weighted by Gasteiger charge is 2.33. The van der Waals surface area contributed by atoms with Gasteiger partial charge in [-0.1, -0.05) is 0 Å². The zero-order chi connectivity index (χ0) is 21.8. The SMILES string of the molecule is COc1ccc(C2NC(=O)NC(C)=C2C(=O)Nc2ccc([N+](=O)[O-])cc2)c(OC)c1. The number of anilines is 1. The molecule has 0 bridgehead atoms. The number of benzene rings is 2. The molecule has 3 rings (SSSR count). The van der Waals surface area contributed by atoms with Gasteiger partial charge in [0, 0.05) is 35.1 Å². The molecule has 0 aromatic heterocycles. The molecule has 156 valence electrons. The summed E-state index contributed by atoms with van der Waals surface area (Å²) in [5.74, 6) is 0.528. The van der Waals surface area contributed by atoms with Gasteiger partial charge in [-0.2, -0.15) is 0 Å². The first-order valence-electron chi connectivity index (χ1n) is 8.90. The predicted molar refractivity (Wildman–Crippen MR) is 108 cm³/mol. The Morgan fingerprint density at radius 1 is 1.13 bits per heavy atom. The molecule has 0 fully saturated rings. The van der Waals surface area contributed by atoms with Gasteiger partial charge in [0.25, 0.3) is 11.6 Å². The van der Waals surface area contributed by atoms with Crippen molar-refractivity contribution in [2.24, 2.45) is 0 Å². The lowest BCUT2D eigenvalue weighted by Gasteiger charge is -2.29. The first kappa shape index (κ1) is 20.6. The number of carbonyl (C=O) groups is 2. The number of hydrogen-bond acceptors (Lipinski definition) is 6. The molecular formula is C20H20N4O6. The molecule has 3 N–H and O–H groups in total. The van der Waals surface area contributed by atoms with Crippen LogP contribution in [0.1, 0.15) is 18.5 Å². The van der Waals surface area contributed by atoms with E-state index in [0.29, 0.717) is 28.4 Å². The molecule has 1 aliphatic rings. The van der Waals surface area contributed by atoms with Crippen molar-refractivity contribution in [1.29, 1.82) is 0 Å². The van der Waals surface area contributed by atoms with Crippen molar-refractivity contribution in [1.82, 2.24) is 10.6 Å². The second-order valence-electron chi connectivity index (χ2n) is 6.44. The van der Waals surface area contributed by atoms with Gasteiger partial charge >= 0.3 is 6.03 Å². The number of methoxy groups -OCH3 is 2. The van der Waals surface area contributed by atoms with Gasteiger partial charge in [-0.3, -0.25) is 14.9 Å². The van der Waals surface area contributed by atoms with Crippen LogP contribution in [0.15, 0.2) is 53.7 Å². The van der Waals surface area contributed by atoms with Crippen LogP contribution in [0.2, 0.25) is 0 Å². The van der Waals surface area contributed by atoms with E-state index in [9.17, 15) is 19.7 Å². The number of nitro groups is 1. The summed E-state index contributed by atoms with van der Waals surface area (Å²) in [6.07, 6.45) is 0. The third-order valence-electron chi connectivity index (χ3n) is 4.60. The monoisotopic (exact) mass is 412 g/mol. The van der Waals surface area contributed by atoms with Crippen molar-refractivity contribution in [3.8, 4) is 11.5 Å². The van der Waals surface area contributed by atoms with Gasteiger partial charge in [-0.15, -0.1) is 0 Å². The van der Waals surface area contributed by atoms with Crippen molar-refractivity contribution in [2.75, 3.05) is 19.5 Å². The van der Waals surface area contributed by atoms with E-state index >= 15 is 0 Å². The standard InChI is InChI=1S/C20H20N4O6/c1-11-17(19(25)22-12-4-6-13(7-5-12)24(27)28)18(23-20(26)21-11)15-9-8-14(29-2)10-16(15)30-3/h4-10,18H,1-3H3,(H,22,25)(H2,21,23,26). The lowest BCUT2D eigenvalue weighted by Crippen LogP contribution is -2.46. The zero-order valence-electron chi connectivity index (χ0n) is 16.5. The number of carbonyl (C=O) groups excluding carboxylic acids is 2. The number of nitrogens with zero attached hydrogens (tertiary/aromatic N) is 1. The number of nitro benzene ring substituents is 1. The average molecular weight is 412 g/mol. The number of hydrogen-bond donors (Lipinski definition) is 3. The van der Waals surface area contributed by atoms with E-state index in [0.717, 1.165) is 0 Å². The fraction of sp³-hybridized carbons (Fsp3) is 0.200. The van der Waals surface area contributed by atoms with E-state index in [4.69, 9.17) is 9.47 Å². The van der Waals surface area contributed by atoms with Crippen molar-refractivity contribution >= 4 is 23.3 Å². The van der Waals surface area contributed by atoms with Crippen molar-refractivity contribution < 1.29 is 24.0 Å². The van der Waals surface area contributed by atoms with Gasteiger partial charge in [0.1, 0.15) is 11.5 Å². The maximum absolute atomic E-state index is 13.1. The van der Waals surface area contributed by atoms with Crippen LogP contribution in [-0.2, 0) is 4.79 Å². The largest absolute Gasteiger partial charge is 0.497 e.